The molecule has 4 rings (SSSR count). The third-order valence-corrected chi connectivity index (χ3v) is 6.62. The fraction of sp³-hybridized carbons (Fsp3) is 0.520. The molecule has 1 atom stereocenters. The second kappa shape index (κ2) is 9.50. The normalized spacial score (nSPS) is 18.4. The van der Waals surface area contributed by atoms with Crippen molar-refractivity contribution in [3.05, 3.63) is 59.5 Å². The summed E-state index contributed by atoms with van der Waals surface area (Å²) in [4.78, 5) is 28.9. The lowest BCUT2D eigenvalue weighted by Crippen LogP contribution is -2.49. The largest absolute Gasteiger partial charge is 0.459 e. The molecule has 1 heterocycles. The first-order valence-electron chi connectivity index (χ1n) is 11.4. The summed E-state index contributed by atoms with van der Waals surface area (Å²) in [5.74, 6) is 0.0294. The third-order valence-electron chi connectivity index (χ3n) is 6.62. The Morgan fingerprint density at radius 2 is 1.70 bits per heavy atom. The molecule has 5 nitrogen and oxygen atoms in total. The number of aryl methyl sites for hydroxylation is 1. The molecule has 1 aromatic carbocycles. The van der Waals surface area contributed by atoms with Gasteiger partial charge in [0.25, 0.3) is 5.91 Å². The summed E-state index contributed by atoms with van der Waals surface area (Å²) in [6.45, 7) is 2.12. The first-order chi connectivity index (χ1) is 14.7. The van der Waals surface area contributed by atoms with Crippen LogP contribution in [0.25, 0.3) is 0 Å². The quantitative estimate of drug-likeness (QED) is 0.699. The first kappa shape index (κ1) is 20.7. The third kappa shape index (κ3) is 4.45. The van der Waals surface area contributed by atoms with E-state index < -0.39 is 6.04 Å². The average Bonchev–Trinajstić information content (AvgIpc) is 3.55. The van der Waals surface area contributed by atoms with E-state index in [1.54, 1.807) is 17.0 Å². The van der Waals surface area contributed by atoms with Crippen LogP contribution in [0, 0.1) is 0 Å². The van der Waals surface area contributed by atoms with Gasteiger partial charge in [0.05, 0.1) is 6.26 Å². The van der Waals surface area contributed by atoms with Crippen LogP contribution in [0.5, 0.6) is 0 Å². The number of rotatable bonds is 7. The van der Waals surface area contributed by atoms with Crippen molar-refractivity contribution in [2.75, 3.05) is 0 Å². The smallest absolute Gasteiger partial charge is 0.290 e. The van der Waals surface area contributed by atoms with E-state index in [2.05, 4.69) is 24.4 Å². The first-order valence-corrected chi connectivity index (χ1v) is 11.4. The molecule has 0 aliphatic heterocycles. The van der Waals surface area contributed by atoms with Crippen molar-refractivity contribution in [3.8, 4) is 0 Å². The molecule has 5 heteroatoms. The number of amides is 2. The highest BCUT2D eigenvalue weighted by Crippen LogP contribution is 2.34. The maximum atomic E-state index is 13.6. The Bertz CT molecular complexity index is 832. The molecule has 2 saturated carbocycles. The molecule has 2 aliphatic carbocycles. The minimum Gasteiger partial charge on any atom is -0.459 e. The second-order valence-corrected chi connectivity index (χ2v) is 8.62. The zero-order valence-corrected chi connectivity index (χ0v) is 17.8. The van der Waals surface area contributed by atoms with E-state index in [9.17, 15) is 9.59 Å². The van der Waals surface area contributed by atoms with Crippen LogP contribution in [-0.4, -0.2) is 28.8 Å². The van der Waals surface area contributed by atoms with Gasteiger partial charge in [0.15, 0.2) is 5.76 Å². The van der Waals surface area contributed by atoms with E-state index in [1.165, 1.54) is 11.8 Å². The molecule has 2 aromatic rings. The number of hydrogen-bond acceptors (Lipinski definition) is 3. The van der Waals surface area contributed by atoms with Crippen LogP contribution in [0.2, 0.25) is 0 Å². The van der Waals surface area contributed by atoms with E-state index >= 15 is 0 Å². The van der Waals surface area contributed by atoms with E-state index in [-0.39, 0.29) is 23.9 Å². The van der Waals surface area contributed by atoms with Crippen LogP contribution in [0.4, 0.5) is 0 Å². The highest BCUT2D eigenvalue weighted by Gasteiger charge is 2.39. The Balaban J connectivity index is 1.71. The lowest BCUT2D eigenvalue weighted by molar-refractivity contribution is -0.127. The molecule has 0 bridgehead atoms. The standard InChI is InChI=1S/C25H32N2O3/c1-2-18-13-15-19(16-14-18)23(24(28)26-20-8-3-4-9-20)27(21-10-5-6-11-21)25(29)22-12-7-17-30-22/h7,12-17,20-21,23H,2-6,8-11H2,1H3,(H,26,28)/t23-/m1/s1. The molecule has 0 radical (unpaired) electrons. The fourth-order valence-corrected chi connectivity index (χ4v) is 4.93. The summed E-state index contributed by atoms with van der Waals surface area (Å²) in [6, 6.07) is 11.2. The lowest BCUT2D eigenvalue weighted by atomic mass is 9.98. The van der Waals surface area contributed by atoms with E-state index in [4.69, 9.17) is 4.42 Å². The van der Waals surface area contributed by atoms with Crippen molar-refractivity contribution >= 4 is 11.8 Å². The Morgan fingerprint density at radius 3 is 2.30 bits per heavy atom. The monoisotopic (exact) mass is 408 g/mol. The summed E-state index contributed by atoms with van der Waals surface area (Å²) in [7, 11) is 0. The van der Waals surface area contributed by atoms with Crippen LogP contribution >= 0.6 is 0 Å². The molecule has 0 saturated heterocycles. The molecule has 1 aromatic heterocycles. The predicted molar refractivity (Wildman–Crippen MR) is 116 cm³/mol. The van der Waals surface area contributed by atoms with E-state index in [0.717, 1.165) is 63.4 Å². The van der Waals surface area contributed by atoms with E-state index in [1.807, 2.05) is 12.1 Å². The van der Waals surface area contributed by atoms with Gasteiger partial charge in [-0.1, -0.05) is 56.9 Å². The van der Waals surface area contributed by atoms with Gasteiger partial charge < -0.3 is 14.6 Å². The summed E-state index contributed by atoms with van der Waals surface area (Å²) in [5.41, 5.74) is 2.09. The topological polar surface area (TPSA) is 62.6 Å². The van der Waals surface area contributed by atoms with Crippen molar-refractivity contribution in [1.29, 1.82) is 0 Å². The van der Waals surface area contributed by atoms with Crippen LogP contribution in [0.3, 0.4) is 0 Å². The maximum absolute atomic E-state index is 13.6. The molecular weight excluding hydrogens is 376 g/mol. The van der Waals surface area contributed by atoms with Gasteiger partial charge in [-0.05, 0) is 55.4 Å². The van der Waals surface area contributed by atoms with Gasteiger partial charge in [-0.15, -0.1) is 0 Å². The van der Waals surface area contributed by atoms with Crippen molar-refractivity contribution in [2.45, 2.75) is 82.8 Å². The minimum absolute atomic E-state index is 0.0489. The average molecular weight is 409 g/mol. The van der Waals surface area contributed by atoms with Crippen molar-refractivity contribution in [3.63, 3.8) is 0 Å². The van der Waals surface area contributed by atoms with Gasteiger partial charge in [0.2, 0.25) is 5.91 Å². The zero-order valence-electron chi connectivity index (χ0n) is 17.8. The fourth-order valence-electron chi connectivity index (χ4n) is 4.93. The predicted octanol–water partition coefficient (Wildman–Crippen LogP) is 5.03. The minimum atomic E-state index is -0.641. The maximum Gasteiger partial charge on any atom is 0.290 e. The van der Waals surface area contributed by atoms with Crippen LogP contribution in [-0.2, 0) is 11.2 Å². The lowest BCUT2D eigenvalue weighted by Gasteiger charge is -2.36. The number of nitrogens with zero attached hydrogens (tertiary/aromatic N) is 1. The molecule has 2 aliphatic rings. The number of carbonyl (C=O) groups is 2. The van der Waals surface area contributed by atoms with Crippen LogP contribution < -0.4 is 5.32 Å². The Labute approximate surface area is 178 Å². The van der Waals surface area contributed by atoms with Crippen molar-refractivity contribution < 1.29 is 14.0 Å². The van der Waals surface area contributed by atoms with Gasteiger partial charge in [0.1, 0.15) is 6.04 Å². The van der Waals surface area contributed by atoms with Gasteiger partial charge >= 0.3 is 0 Å². The number of benzene rings is 1. The summed E-state index contributed by atoms with van der Waals surface area (Å²) in [6.07, 6.45) is 10.8. The van der Waals surface area contributed by atoms with Gasteiger partial charge in [-0.2, -0.15) is 0 Å². The van der Waals surface area contributed by atoms with Gasteiger partial charge in [-0.25, -0.2) is 0 Å². The number of hydrogen-bond donors (Lipinski definition) is 1. The SMILES string of the molecule is CCc1ccc([C@H](C(=O)NC2CCCC2)N(C(=O)c2ccco2)C2CCCC2)cc1. The summed E-state index contributed by atoms with van der Waals surface area (Å²) >= 11 is 0. The zero-order chi connectivity index (χ0) is 20.9. The number of furan rings is 1. The van der Waals surface area contributed by atoms with Crippen LogP contribution in [0.1, 0.15) is 86.0 Å². The Hall–Kier alpha value is -2.56. The van der Waals surface area contributed by atoms with E-state index in [0.29, 0.717) is 5.76 Å². The van der Waals surface area contributed by atoms with Gasteiger partial charge in [0, 0.05) is 12.1 Å². The molecule has 160 valence electrons. The van der Waals surface area contributed by atoms with Gasteiger partial charge in [-0.3, -0.25) is 9.59 Å². The Morgan fingerprint density at radius 1 is 1.03 bits per heavy atom. The second-order valence-electron chi connectivity index (χ2n) is 8.62. The molecule has 2 amide bonds. The summed E-state index contributed by atoms with van der Waals surface area (Å²) in [5, 5.41) is 3.25. The highest BCUT2D eigenvalue weighted by atomic mass is 16.3. The molecule has 30 heavy (non-hydrogen) atoms. The number of nitrogens with one attached hydrogen (secondary N) is 1. The number of carbonyl (C=O) groups excluding carboxylic acids is 2. The highest BCUT2D eigenvalue weighted by molar-refractivity contribution is 5.96. The molecule has 0 spiro atoms. The summed E-state index contributed by atoms with van der Waals surface area (Å²) < 4.78 is 5.45. The molecule has 1 N–H and O–H groups in total. The molecule has 0 unspecified atom stereocenters. The molecular formula is C25H32N2O3. The van der Waals surface area contributed by atoms with Crippen molar-refractivity contribution in [1.82, 2.24) is 10.2 Å². The van der Waals surface area contributed by atoms with Crippen LogP contribution in [0.15, 0.2) is 47.1 Å². The molecule has 2 fully saturated rings. The Kier molecular flexibility index (Phi) is 6.56. The van der Waals surface area contributed by atoms with Crippen molar-refractivity contribution in [2.24, 2.45) is 0 Å².